The maximum absolute atomic E-state index is 12.1. The summed E-state index contributed by atoms with van der Waals surface area (Å²) in [6, 6.07) is 9.90. The van der Waals surface area contributed by atoms with E-state index in [1.165, 1.54) is 0 Å². The normalized spacial score (nSPS) is 18.7. The fourth-order valence-electron chi connectivity index (χ4n) is 2.79. The lowest BCUT2D eigenvalue weighted by Gasteiger charge is -2.62. The van der Waals surface area contributed by atoms with E-state index in [1.54, 1.807) is 0 Å². The number of amides is 1. The first-order valence-corrected chi connectivity index (χ1v) is 8.64. The van der Waals surface area contributed by atoms with Crippen molar-refractivity contribution in [1.29, 1.82) is 0 Å². The van der Waals surface area contributed by atoms with E-state index in [4.69, 9.17) is 0 Å². The van der Waals surface area contributed by atoms with Crippen LogP contribution >= 0.6 is 0 Å². The average molecular weight is 330 g/mol. The van der Waals surface area contributed by atoms with E-state index in [1.807, 2.05) is 37.3 Å². The molecule has 0 unspecified atom stereocenters. The van der Waals surface area contributed by atoms with Crippen LogP contribution < -0.4 is 10.6 Å². The Balaban J connectivity index is 1.93. The zero-order chi connectivity index (χ0) is 17.8. The molecule has 0 atom stereocenters. The maximum atomic E-state index is 12.1. The number of guanidine groups is 1. The maximum Gasteiger partial charge on any atom is 0.242 e. The van der Waals surface area contributed by atoms with Gasteiger partial charge in [0.2, 0.25) is 5.91 Å². The first kappa shape index (κ1) is 18.3. The third kappa shape index (κ3) is 3.89. The summed E-state index contributed by atoms with van der Waals surface area (Å²) < 4.78 is 0. The molecule has 24 heavy (non-hydrogen) atoms. The largest absolute Gasteiger partial charge is 0.356 e. The molecule has 2 N–H and O–H groups in total. The summed E-state index contributed by atoms with van der Waals surface area (Å²) in [5, 5.41) is 6.22. The number of nitrogens with one attached hydrogen (secondary N) is 2. The van der Waals surface area contributed by atoms with Crippen LogP contribution in [0.1, 0.15) is 40.2 Å². The van der Waals surface area contributed by atoms with Crippen LogP contribution in [0.25, 0.3) is 0 Å². The Bertz CT molecular complexity index is 593. The van der Waals surface area contributed by atoms with Crippen LogP contribution in [0.4, 0.5) is 0 Å². The second kappa shape index (κ2) is 7.24. The van der Waals surface area contributed by atoms with Crippen LogP contribution in [0, 0.1) is 5.41 Å². The van der Waals surface area contributed by atoms with Crippen molar-refractivity contribution in [3.05, 3.63) is 35.9 Å². The van der Waals surface area contributed by atoms with Crippen molar-refractivity contribution in [2.24, 2.45) is 10.4 Å². The number of carbonyl (C=O) groups excluding carboxylic acids is 1. The SMILES string of the molecule is CCNC(=NCC(=O)NCc1ccccc1)N1CC(C)(C)C1(C)C. The number of nitrogens with zero attached hydrogens (tertiary/aromatic N) is 2. The number of hydrogen-bond donors (Lipinski definition) is 2. The lowest BCUT2D eigenvalue weighted by Crippen LogP contribution is -2.72. The summed E-state index contributed by atoms with van der Waals surface area (Å²) in [6.45, 7) is 13.4. The molecule has 0 saturated carbocycles. The third-order valence-corrected chi connectivity index (χ3v) is 5.18. The Kier molecular flexibility index (Phi) is 5.52. The second-order valence-corrected chi connectivity index (χ2v) is 7.46. The molecule has 0 radical (unpaired) electrons. The first-order valence-electron chi connectivity index (χ1n) is 8.64. The van der Waals surface area contributed by atoms with Crippen molar-refractivity contribution in [1.82, 2.24) is 15.5 Å². The average Bonchev–Trinajstić information content (AvgIpc) is 2.56. The second-order valence-electron chi connectivity index (χ2n) is 7.46. The summed E-state index contributed by atoms with van der Waals surface area (Å²) in [4.78, 5) is 18.9. The molecule has 0 spiro atoms. The quantitative estimate of drug-likeness (QED) is 0.644. The Morgan fingerprint density at radius 1 is 1.17 bits per heavy atom. The molecule has 1 heterocycles. The van der Waals surface area contributed by atoms with Gasteiger partial charge in [0.05, 0.1) is 0 Å². The summed E-state index contributed by atoms with van der Waals surface area (Å²) >= 11 is 0. The lowest BCUT2D eigenvalue weighted by atomic mass is 9.65. The Morgan fingerprint density at radius 2 is 1.83 bits per heavy atom. The fraction of sp³-hybridized carbons (Fsp3) is 0.579. The molecule has 1 aliphatic rings. The molecular formula is C19H30N4O. The van der Waals surface area contributed by atoms with Crippen molar-refractivity contribution < 1.29 is 4.79 Å². The minimum absolute atomic E-state index is 0.0223. The molecule has 132 valence electrons. The van der Waals surface area contributed by atoms with E-state index in [9.17, 15) is 4.79 Å². The van der Waals surface area contributed by atoms with Gasteiger partial charge in [-0.05, 0) is 26.3 Å². The molecule has 1 aromatic carbocycles. The molecule has 1 saturated heterocycles. The fourth-order valence-corrected chi connectivity index (χ4v) is 2.79. The van der Waals surface area contributed by atoms with Gasteiger partial charge in [0, 0.05) is 30.6 Å². The van der Waals surface area contributed by atoms with Crippen molar-refractivity contribution in [3.63, 3.8) is 0 Å². The van der Waals surface area contributed by atoms with Gasteiger partial charge in [-0.1, -0.05) is 44.2 Å². The van der Waals surface area contributed by atoms with Gasteiger partial charge in [-0.3, -0.25) is 4.79 Å². The molecule has 2 rings (SSSR count). The van der Waals surface area contributed by atoms with Gasteiger partial charge in [0.15, 0.2) is 5.96 Å². The molecule has 0 bridgehead atoms. The van der Waals surface area contributed by atoms with Crippen molar-refractivity contribution in [2.45, 2.75) is 46.7 Å². The number of rotatable bonds is 5. The number of benzene rings is 1. The zero-order valence-electron chi connectivity index (χ0n) is 15.5. The molecule has 1 aliphatic heterocycles. The molecule has 0 aromatic heterocycles. The van der Waals surface area contributed by atoms with Crippen LogP contribution in [-0.4, -0.2) is 41.9 Å². The first-order chi connectivity index (χ1) is 11.3. The number of likely N-dealkylation sites (tertiary alicyclic amines) is 1. The van der Waals surface area contributed by atoms with Crippen LogP contribution in [0.3, 0.4) is 0 Å². The number of hydrogen-bond acceptors (Lipinski definition) is 2. The summed E-state index contributed by atoms with van der Waals surface area (Å²) in [5.74, 6) is 0.753. The van der Waals surface area contributed by atoms with Gasteiger partial charge >= 0.3 is 0 Å². The lowest BCUT2D eigenvalue weighted by molar-refractivity contribution is -0.119. The highest BCUT2D eigenvalue weighted by atomic mass is 16.1. The molecule has 5 nitrogen and oxygen atoms in total. The molecule has 1 fully saturated rings. The van der Waals surface area contributed by atoms with Crippen LogP contribution in [0.5, 0.6) is 0 Å². The van der Waals surface area contributed by atoms with Gasteiger partial charge in [0.1, 0.15) is 6.54 Å². The zero-order valence-corrected chi connectivity index (χ0v) is 15.5. The minimum atomic E-state index is -0.0631. The van der Waals surface area contributed by atoms with Crippen molar-refractivity contribution in [2.75, 3.05) is 19.6 Å². The standard InChI is InChI=1S/C19H30N4O/c1-6-20-17(23-14-18(2,3)19(23,4)5)22-13-16(24)21-12-15-10-8-7-9-11-15/h7-11H,6,12-14H2,1-5H3,(H,20,22)(H,21,24). The van der Waals surface area contributed by atoms with Crippen molar-refractivity contribution in [3.8, 4) is 0 Å². The van der Waals surface area contributed by atoms with E-state index in [-0.39, 0.29) is 23.4 Å². The monoisotopic (exact) mass is 330 g/mol. The number of carbonyl (C=O) groups is 1. The molecule has 1 aromatic rings. The number of aliphatic imine (C=N–C) groups is 1. The third-order valence-electron chi connectivity index (χ3n) is 5.18. The Labute approximate surface area is 145 Å². The predicted octanol–water partition coefficient (Wildman–Crippen LogP) is 2.39. The Morgan fingerprint density at radius 3 is 2.38 bits per heavy atom. The van der Waals surface area contributed by atoms with E-state index < -0.39 is 0 Å². The topological polar surface area (TPSA) is 56.7 Å². The molecular weight excluding hydrogens is 300 g/mol. The highest BCUT2D eigenvalue weighted by Gasteiger charge is 2.53. The highest BCUT2D eigenvalue weighted by Crippen LogP contribution is 2.46. The van der Waals surface area contributed by atoms with E-state index in [0.717, 1.165) is 24.6 Å². The Hall–Kier alpha value is -2.04. The van der Waals surface area contributed by atoms with Crippen LogP contribution in [0.15, 0.2) is 35.3 Å². The van der Waals surface area contributed by atoms with Gasteiger partial charge < -0.3 is 15.5 Å². The van der Waals surface area contributed by atoms with Gasteiger partial charge in [-0.2, -0.15) is 0 Å². The van der Waals surface area contributed by atoms with Crippen molar-refractivity contribution >= 4 is 11.9 Å². The van der Waals surface area contributed by atoms with Crippen LogP contribution in [-0.2, 0) is 11.3 Å². The molecule has 1 amide bonds. The van der Waals surface area contributed by atoms with E-state index in [2.05, 4.69) is 48.2 Å². The summed E-state index contributed by atoms with van der Waals surface area (Å²) in [6.07, 6.45) is 0. The molecule has 5 heteroatoms. The van der Waals surface area contributed by atoms with Gasteiger partial charge in [-0.25, -0.2) is 4.99 Å². The minimum Gasteiger partial charge on any atom is -0.356 e. The molecule has 0 aliphatic carbocycles. The summed E-state index contributed by atoms with van der Waals surface area (Å²) in [7, 11) is 0. The van der Waals surface area contributed by atoms with Gasteiger partial charge in [0.25, 0.3) is 0 Å². The van der Waals surface area contributed by atoms with E-state index >= 15 is 0 Å². The van der Waals surface area contributed by atoms with Crippen LogP contribution in [0.2, 0.25) is 0 Å². The highest BCUT2D eigenvalue weighted by molar-refractivity contribution is 5.86. The van der Waals surface area contributed by atoms with E-state index in [0.29, 0.717) is 6.54 Å². The van der Waals surface area contributed by atoms with Gasteiger partial charge in [-0.15, -0.1) is 0 Å². The smallest absolute Gasteiger partial charge is 0.242 e. The summed E-state index contributed by atoms with van der Waals surface area (Å²) in [5.41, 5.74) is 1.35. The predicted molar refractivity (Wildman–Crippen MR) is 98.8 cm³/mol.